The number of para-hydroxylation sites is 1. The SMILES string of the molecule is Nc1cccc(S(=O)(=O)Nc2cnoc2)c1[N+](=O)[O-]. The third kappa shape index (κ3) is 2.47. The van der Waals surface area contributed by atoms with Crippen molar-refractivity contribution in [3.05, 3.63) is 40.8 Å². The van der Waals surface area contributed by atoms with Crippen LogP contribution >= 0.6 is 0 Å². The lowest BCUT2D eigenvalue weighted by molar-refractivity contribution is -0.386. The van der Waals surface area contributed by atoms with Gasteiger partial charge in [0, 0.05) is 0 Å². The van der Waals surface area contributed by atoms with Crippen LogP contribution in [0.15, 0.2) is 40.1 Å². The number of nitrogens with two attached hydrogens (primary N) is 1. The number of hydrogen-bond donors (Lipinski definition) is 2. The molecule has 9 nitrogen and oxygen atoms in total. The van der Waals surface area contributed by atoms with E-state index in [4.69, 9.17) is 5.73 Å². The van der Waals surface area contributed by atoms with Crippen molar-refractivity contribution in [2.45, 2.75) is 4.90 Å². The van der Waals surface area contributed by atoms with Crippen LogP contribution in [0.3, 0.4) is 0 Å². The molecule has 0 radical (unpaired) electrons. The van der Waals surface area contributed by atoms with E-state index < -0.39 is 25.5 Å². The molecule has 0 bridgehead atoms. The minimum atomic E-state index is -4.15. The fraction of sp³-hybridized carbons (Fsp3) is 0. The van der Waals surface area contributed by atoms with Crippen LogP contribution in [0.5, 0.6) is 0 Å². The maximum Gasteiger partial charge on any atom is 0.312 e. The van der Waals surface area contributed by atoms with Gasteiger partial charge in [0.2, 0.25) is 0 Å². The average molecular weight is 284 g/mol. The van der Waals surface area contributed by atoms with Gasteiger partial charge in [0.1, 0.15) is 17.6 Å². The van der Waals surface area contributed by atoms with Crippen LogP contribution in [0.25, 0.3) is 0 Å². The van der Waals surface area contributed by atoms with Gasteiger partial charge in [0.15, 0.2) is 4.90 Å². The number of nitro groups is 1. The number of hydrogen-bond acceptors (Lipinski definition) is 7. The van der Waals surface area contributed by atoms with E-state index in [0.29, 0.717) is 0 Å². The van der Waals surface area contributed by atoms with E-state index in [2.05, 4.69) is 14.4 Å². The van der Waals surface area contributed by atoms with Crippen molar-refractivity contribution in [1.82, 2.24) is 5.16 Å². The zero-order valence-electron chi connectivity index (χ0n) is 9.31. The molecular formula is C9H8N4O5S. The molecule has 0 atom stereocenters. The Balaban J connectivity index is 2.52. The first-order valence-corrected chi connectivity index (χ1v) is 6.35. The summed E-state index contributed by atoms with van der Waals surface area (Å²) in [7, 11) is -4.15. The van der Waals surface area contributed by atoms with Gasteiger partial charge < -0.3 is 10.3 Å². The van der Waals surface area contributed by atoms with E-state index in [0.717, 1.165) is 18.5 Å². The number of benzene rings is 1. The Bertz CT molecular complexity index is 710. The Hall–Kier alpha value is -2.62. The van der Waals surface area contributed by atoms with Crippen LogP contribution in [0.1, 0.15) is 0 Å². The van der Waals surface area contributed by atoms with Crippen LogP contribution in [0.2, 0.25) is 0 Å². The molecule has 1 aromatic heterocycles. The van der Waals surface area contributed by atoms with Crippen LogP contribution in [0.4, 0.5) is 17.1 Å². The Morgan fingerprint density at radius 3 is 2.74 bits per heavy atom. The minimum absolute atomic E-state index is 0.0525. The summed E-state index contributed by atoms with van der Waals surface area (Å²) < 4.78 is 30.6. The van der Waals surface area contributed by atoms with Crippen molar-refractivity contribution >= 4 is 27.1 Å². The van der Waals surface area contributed by atoms with Gasteiger partial charge in [-0.15, -0.1) is 0 Å². The Labute approximate surface area is 107 Å². The first-order chi connectivity index (χ1) is 8.92. The molecule has 1 heterocycles. The molecule has 0 aliphatic carbocycles. The summed E-state index contributed by atoms with van der Waals surface area (Å²) in [5.74, 6) is 0. The molecule has 0 fully saturated rings. The third-order valence-corrected chi connectivity index (χ3v) is 3.60. The third-order valence-electron chi connectivity index (χ3n) is 2.19. The Morgan fingerprint density at radius 1 is 1.42 bits per heavy atom. The fourth-order valence-electron chi connectivity index (χ4n) is 1.42. The lowest BCUT2D eigenvalue weighted by atomic mass is 10.3. The summed E-state index contributed by atoms with van der Waals surface area (Å²) in [5.41, 5.74) is 4.57. The molecule has 10 heteroatoms. The van der Waals surface area contributed by atoms with Crippen molar-refractivity contribution in [3.63, 3.8) is 0 Å². The van der Waals surface area contributed by atoms with E-state index in [1.807, 2.05) is 0 Å². The number of rotatable bonds is 4. The second-order valence-electron chi connectivity index (χ2n) is 3.47. The number of sulfonamides is 1. The molecule has 0 spiro atoms. The van der Waals surface area contributed by atoms with E-state index in [-0.39, 0.29) is 11.4 Å². The van der Waals surface area contributed by atoms with Crippen molar-refractivity contribution in [2.75, 3.05) is 10.5 Å². The van der Waals surface area contributed by atoms with Crippen LogP contribution in [-0.4, -0.2) is 18.5 Å². The van der Waals surface area contributed by atoms with Crippen molar-refractivity contribution in [2.24, 2.45) is 0 Å². The number of nitrogens with one attached hydrogen (secondary N) is 1. The maximum atomic E-state index is 12.0. The fourth-order valence-corrected chi connectivity index (χ4v) is 2.64. The molecule has 3 N–H and O–H groups in total. The highest BCUT2D eigenvalue weighted by atomic mass is 32.2. The highest BCUT2D eigenvalue weighted by Gasteiger charge is 2.28. The topological polar surface area (TPSA) is 141 Å². The zero-order valence-corrected chi connectivity index (χ0v) is 10.1. The van der Waals surface area contributed by atoms with Crippen LogP contribution in [0, 0.1) is 10.1 Å². The van der Waals surface area contributed by atoms with Gasteiger partial charge in [-0.05, 0) is 12.1 Å². The highest BCUT2D eigenvalue weighted by molar-refractivity contribution is 7.92. The first kappa shape index (κ1) is 12.8. The zero-order chi connectivity index (χ0) is 14.0. The normalized spacial score (nSPS) is 11.2. The molecule has 0 aliphatic heterocycles. The average Bonchev–Trinajstić information content (AvgIpc) is 2.80. The second-order valence-corrected chi connectivity index (χ2v) is 5.12. The van der Waals surface area contributed by atoms with Crippen molar-refractivity contribution < 1.29 is 17.9 Å². The van der Waals surface area contributed by atoms with E-state index in [9.17, 15) is 18.5 Å². The van der Waals surface area contributed by atoms with Gasteiger partial charge in [-0.1, -0.05) is 11.2 Å². The van der Waals surface area contributed by atoms with Crippen LogP contribution in [-0.2, 0) is 10.0 Å². The van der Waals surface area contributed by atoms with E-state index in [1.165, 1.54) is 12.1 Å². The predicted octanol–water partition coefficient (Wildman–Crippen LogP) is 0.966. The molecule has 0 aliphatic rings. The van der Waals surface area contributed by atoms with E-state index in [1.54, 1.807) is 0 Å². The van der Waals surface area contributed by atoms with Gasteiger partial charge in [-0.2, -0.15) is 0 Å². The van der Waals surface area contributed by atoms with Gasteiger partial charge in [0.05, 0.1) is 11.1 Å². The monoisotopic (exact) mass is 284 g/mol. The summed E-state index contributed by atoms with van der Waals surface area (Å²) in [4.78, 5) is 9.52. The molecule has 0 amide bonds. The molecule has 0 unspecified atom stereocenters. The smallest absolute Gasteiger partial charge is 0.312 e. The number of nitrogen functional groups attached to an aromatic ring is 1. The summed E-state index contributed by atoms with van der Waals surface area (Å²) in [6.45, 7) is 0. The lowest BCUT2D eigenvalue weighted by Crippen LogP contribution is -2.15. The molecule has 1 aromatic carbocycles. The Morgan fingerprint density at radius 2 is 2.16 bits per heavy atom. The molecule has 100 valence electrons. The van der Waals surface area contributed by atoms with Gasteiger partial charge >= 0.3 is 5.69 Å². The lowest BCUT2D eigenvalue weighted by Gasteiger charge is -2.07. The minimum Gasteiger partial charge on any atom is -0.393 e. The van der Waals surface area contributed by atoms with Crippen molar-refractivity contribution in [1.29, 1.82) is 0 Å². The quantitative estimate of drug-likeness (QED) is 0.483. The molecular weight excluding hydrogens is 276 g/mol. The number of nitro benzene ring substituents is 1. The molecule has 0 saturated heterocycles. The summed E-state index contributed by atoms with van der Waals surface area (Å²) >= 11 is 0. The summed E-state index contributed by atoms with van der Waals surface area (Å²) in [6.07, 6.45) is 2.17. The van der Waals surface area contributed by atoms with Crippen LogP contribution < -0.4 is 10.5 Å². The Kier molecular flexibility index (Phi) is 3.09. The summed E-state index contributed by atoms with van der Waals surface area (Å²) in [5, 5.41) is 14.2. The number of nitrogens with zero attached hydrogens (tertiary/aromatic N) is 2. The van der Waals surface area contributed by atoms with Gasteiger partial charge in [0.25, 0.3) is 10.0 Å². The largest absolute Gasteiger partial charge is 0.393 e. The van der Waals surface area contributed by atoms with Gasteiger partial charge in [-0.25, -0.2) is 8.42 Å². The standard InChI is InChI=1S/C9H8N4O5S/c10-7-2-1-3-8(9(7)13(14)15)19(16,17)12-6-4-11-18-5-6/h1-5,12H,10H2. The number of anilines is 2. The van der Waals surface area contributed by atoms with Gasteiger partial charge in [-0.3, -0.25) is 14.8 Å². The van der Waals surface area contributed by atoms with Crippen molar-refractivity contribution in [3.8, 4) is 0 Å². The molecule has 2 aromatic rings. The molecule has 0 saturated carbocycles. The highest BCUT2D eigenvalue weighted by Crippen LogP contribution is 2.30. The van der Waals surface area contributed by atoms with E-state index >= 15 is 0 Å². The number of aromatic nitrogens is 1. The summed E-state index contributed by atoms with van der Waals surface area (Å²) in [6, 6.07) is 3.64. The molecule has 2 rings (SSSR count). The molecule has 19 heavy (non-hydrogen) atoms. The maximum absolute atomic E-state index is 12.0. The first-order valence-electron chi connectivity index (χ1n) is 4.87. The predicted molar refractivity (Wildman–Crippen MR) is 64.8 cm³/mol. The second kappa shape index (κ2) is 4.57.